The molecule has 0 spiro atoms. The lowest BCUT2D eigenvalue weighted by Gasteiger charge is -2.34. The van der Waals surface area contributed by atoms with Crippen molar-refractivity contribution >= 4 is 22.0 Å². The van der Waals surface area contributed by atoms with Gasteiger partial charge in [0, 0.05) is 24.5 Å². The van der Waals surface area contributed by atoms with E-state index >= 15 is 0 Å². The van der Waals surface area contributed by atoms with Crippen LogP contribution < -0.4 is 0 Å². The Kier molecular flexibility index (Phi) is 9.27. The van der Waals surface area contributed by atoms with Gasteiger partial charge in [-0.25, -0.2) is 4.79 Å². The molecule has 0 saturated heterocycles. The molecule has 0 aromatic rings. The molecule has 0 radical (unpaired) electrons. The summed E-state index contributed by atoms with van der Waals surface area (Å²) < 4.78 is 5.91. The molecule has 1 aliphatic rings. The van der Waals surface area contributed by atoms with Crippen LogP contribution in [-0.4, -0.2) is 46.7 Å². The molecule has 5 heteroatoms. The van der Waals surface area contributed by atoms with Crippen molar-refractivity contribution in [3.05, 3.63) is 0 Å². The Morgan fingerprint density at radius 1 is 1.20 bits per heavy atom. The molecule has 0 atom stereocenters. The average molecular weight is 350 g/mol. The van der Waals surface area contributed by atoms with Gasteiger partial charge in [0.15, 0.2) is 0 Å². The topological polar surface area (TPSA) is 49.8 Å². The summed E-state index contributed by atoms with van der Waals surface area (Å²) in [5.41, 5.74) is 0. The molecule has 4 nitrogen and oxygen atoms in total. The van der Waals surface area contributed by atoms with Crippen molar-refractivity contribution in [1.29, 1.82) is 0 Å². The first-order valence-electron chi connectivity index (χ1n) is 7.86. The summed E-state index contributed by atoms with van der Waals surface area (Å²) in [4.78, 5) is 12.7. The van der Waals surface area contributed by atoms with Crippen molar-refractivity contribution in [1.82, 2.24) is 4.90 Å². The number of hydrogen-bond acceptors (Lipinski definition) is 2. The Bertz CT molecular complexity index is 268. The monoisotopic (exact) mass is 349 g/mol. The Morgan fingerprint density at radius 3 is 2.40 bits per heavy atom. The van der Waals surface area contributed by atoms with E-state index in [0.29, 0.717) is 12.6 Å². The number of carbonyl (C=O) groups is 1. The van der Waals surface area contributed by atoms with E-state index in [1.165, 1.54) is 19.3 Å². The molecular weight excluding hydrogens is 322 g/mol. The number of amides is 1. The van der Waals surface area contributed by atoms with Gasteiger partial charge in [-0.2, -0.15) is 0 Å². The third-order valence-corrected chi connectivity index (χ3v) is 4.61. The zero-order valence-corrected chi connectivity index (χ0v) is 14.1. The van der Waals surface area contributed by atoms with Crippen molar-refractivity contribution in [3.63, 3.8) is 0 Å². The summed E-state index contributed by atoms with van der Waals surface area (Å²) in [5.74, 6) is 0. The highest BCUT2D eigenvalue weighted by Crippen LogP contribution is 2.25. The van der Waals surface area contributed by atoms with Crippen LogP contribution in [0.2, 0.25) is 0 Å². The van der Waals surface area contributed by atoms with Crippen LogP contribution in [0.5, 0.6) is 0 Å². The minimum Gasteiger partial charge on any atom is -0.465 e. The van der Waals surface area contributed by atoms with E-state index in [2.05, 4.69) is 15.9 Å². The number of nitrogens with zero attached hydrogens (tertiary/aromatic N) is 1. The first-order valence-corrected chi connectivity index (χ1v) is 8.98. The summed E-state index contributed by atoms with van der Waals surface area (Å²) in [6.07, 6.45) is 8.32. The second-order valence-corrected chi connectivity index (χ2v) is 6.27. The quantitative estimate of drug-likeness (QED) is 0.499. The van der Waals surface area contributed by atoms with Gasteiger partial charge < -0.3 is 14.7 Å². The van der Waals surface area contributed by atoms with Crippen molar-refractivity contribution in [3.8, 4) is 0 Å². The summed E-state index contributed by atoms with van der Waals surface area (Å²) in [7, 11) is 0. The highest BCUT2D eigenvalue weighted by atomic mass is 79.9. The number of alkyl halides is 1. The van der Waals surface area contributed by atoms with E-state index in [1.807, 2.05) is 6.92 Å². The Morgan fingerprint density at radius 2 is 1.85 bits per heavy atom. The van der Waals surface area contributed by atoms with Gasteiger partial charge in [0.25, 0.3) is 0 Å². The molecular formula is C15H28BrNO3. The Hall–Kier alpha value is -0.290. The molecule has 20 heavy (non-hydrogen) atoms. The van der Waals surface area contributed by atoms with E-state index in [-0.39, 0.29) is 6.04 Å². The highest BCUT2D eigenvalue weighted by Gasteiger charge is 2.27. The van der Waals surface area contributed by atoms with Crippen LogP contribution in [0.3, 0.4) is 0 Å². The number of carboxylic acid groups (broad SMARTS) is 1. The summed E-state index contributed by atoms with van der Waals surface area (Å²) in [6, 6.07) is 0.191. The number of rotatable bonds is 9. The van der Waals surface area contributed by atoms with Crippen LogP contribution in [0.1, 0.15) is 58.3 Å². The van der Waals surface area contributed by atoms with Crippen LogP contribution in [0.15, 0.2) is 0 Å². The summed E-state index contributed by atoms with van der Waals surface area (Å²) in [6.45, 7) is 3.34. The van der Waals surface area contributed by atoms with E-state index in [4.69, 9.17) is 9.84 Å². The van der Waals surface area contributed by atoms with Crippen molar-refractivity contribution in [2.45, 2.75) is 70.4 Å². The minimum atomic E-state index is -0.788. The van der Waals surface area contributed by atoms with Gasteiger partial charge in [-0.3, -0.25) is 0 Å². The number of unbranched alkanes of at least 4 members (excludes halogenated alkanes) is 3. The van der Waals surface area contributed by atoms with E-state index in [0.717, 1.165) is 44.0 Å². The van der Waals surface area contributed by atoms with Gasteiger partial charge in [-0.1, -0.05) is 28.8 Å². The zero-order chi connectivity index (χ0) is 14.8. The molecule has 1 saturated carbocycles. The molecule has 118 valence electrons. The molecule has 1 aliphatic carbocycles. The van der Waals surface area contributed by atoms with E-state index < -0.39 is 6.09 Å². The highest BCUT2D eigenvalue weighted by molar-refractivity contribution is 9.09. The lowest BCUT2D eigenvalue weighted by Crippen LogP contribution is -2.42. The van der Waals surface area contributed by atoms with Crippen LogP contribution in [0, 0.1) is 0 Å². The summed E-state index contributed by atoms with van der Waals surface area (Å²) >= 11 is 3.44. The maximum absolute atomic E-state index is 11.1. The van der Waals surface area contributed by atoms with Gasteiger partial charge in [0.05, 0.1) is 6.10 Å². The molecule has 0 unspecified atom stereocenters. The van der Waals surface area contributed by atoms with Crippen LogP contribution in [0.25, 0.3) is 0 Å². The maximum atomic E-state index is 11.1. The SMILES string of the molecule is CCN(C(=O)O)C1CCC(OCCCCCCBr)CC1. The van der Waals surface area contributed by atoms with Crippen LogP contribution >= 0.6 is 15.9 Å². The van der Waals surface area contributed by atoms with Crippen molar-refractivity contribution in [2.75, 3.05) is 18.5 Å². The summed E-state index contributed by atoms with van der Waals surface area (Å²) in [5, 5.41) is 10.2. The fraction of sp³-hybridized carbons (Fsp3) is 0.933. The van der Waals surface area contributed by atoms with Crippen LogP contribution in [-0.2, 0) is 4.74 Å². The average Bonchev–Trinajstić information content (AvgIpc) is 2.44. The largest absolute Gasteiger partial charge is 0.465 e. The first kappa shape index (κ1) is 17.8. The number of halogens is 1. The third kappa shape index (κ3) is 6.44. The standard InChI is InChI=1S/C15H28BrNO3/c1-2-17(15(18)19)13-7-9-14(10-8-13)20-12-6-4-3-5-11-16/h13-14H,2-12H2,1H3,(H,18,19). The second-order valence-electron chi connectivity index (χ2n) is 5.47. The molecule has 0 aromatic heterocycles. The maximum Gasteiger partial charge on any atom is 0.407 e. The van der Waals surface area contributed by atoms with E-state index in [1.54, 1.807) is 4.90 Å². The normalized spacial score (nSPS) is 22.7. The van der Waals surface area contributed by atoms with Gasteiger partial charge >= 0.3 is 6.09 Å². The van der Waals surface area contributed by atoms with Gasteiger partial charge in [-0.15, -0.1) is 0 Å². The lowest BCUT2D eigenvalue weighted by molar-refractivity contribution is 0.00769. The predicted molar refractivity (Wildman–Crippen MR) is 84.7 cm³/mol. The van der Waals surface area contributed by atoms with E-state index in [9.17, 15) is 4.79 Å². The van der Waals surface area contributed by atoms with Crippen LogP contribution in [0.4, 0.5) is 4.79 Å². The predicted octanol–water partition coefficient (Wildman–Crippen LogP) is 4.27. The van der Waals surface area contributed by atoms with Gasteiger partial charge in [-0.05, 0) is 45.4 Å². The first-order chi connectivity index (χ1) is 9.69. The minimum absolute atomic E-state index is 0.191. The van der Waals surface area contributed by atoms with Gasteiger partial charge in [0.2, 0.25) is 0 Å². The zero-order valence-electron chi connectivity index (χ0n) is 12.5. The molecule has 1 fully saturated rings. The third-order valence-electron chi connectivity index (χ3n) is 4.05. The lowest BCUT2D eigenvalue weighted by atomic mass is 9.92. The van der Waals surface area contributed by atoms with Crippen molar-refractivity contribution < 1.29 is 14.6 Å². The smallest absolute Gasteiger partial charge is 0.407 e. The fourth-order valence-electron chi connectivity index (χ4n) is 2.87. The number of hydrogen-bond donors (Lipinski definition) is 1. The molecule has 0 aromatic carbocycles. The van der Waals surface area contributed by atoms with Crippen molar-refractivity contribution in [2.24, 2.45) is 0 Å². The molecule has 0 bridgehead atoms. The molecule has 0 aliphatic heterocycles. The second kappa shape index (κ2) is 10.4. The Labute approximate surface area is 131 Å². The molecule has 1 amide bonds. The molecule has 1 rings (SSSR count). The van der Waals surface area contributed by atoms with Gasteiger partial charge in [0.1, 0.15) is 0 Å². The number of ether oxygens (including phenoxy) is 1. The Balaban J connectivity index is 2.11. The molecule has 0 heterocycles. The fourth-order valence-corrected chi connectivity index (χ4v) is 3.27. The molecule has 1 N–H and O–H groups in total.